The summed E-state index contributed by atoms with van der Waals surface area (Å²) in [7, 11) is 0. The van der Waals surface area contributed by atoms with Gasteiger partial charge >= 0.3 is 12.0 Å². The van der Waals surface area contributed by atoms with Crippen molar-refractivity contribution in [2.45, 2.75) is 58.0 Å². The summed E-state index contributed by atoms with van der Waals surface area (Å²) in [6.45, 7) is 5.67. The van der Waals surface area contributed by atoms with E-state index in [0.717, 1.165) is 19.3 Å². The molecule has 0 heterocycles. The molecule has 6 heteroatoms. The smallest absolute Gasteiger partial charge is 0.326 e. The van der Waals surface area contributed by atoms with Crippen molar-refractivity contribution in [2.24, 2.45) is 0 Å². The maximum Gasteiger partial charge on any atom is 0.326 e. The molecule has 2 amide bonds. The van der Waals surface area contributed by atoms with Crippen molar-refractivity contribution in [2.75, 3.05) is 6.61 Å². The van der Waals surface area contributed by atoms with Crippen LogP contribution in [0.5, 0.6) is 0 Å². The molecule has 0 spiro atoms. The molecule has 0 unspecified atom stereocenters. The third-order valence-corrected chi connectivity index (χ3v) is 3.43. The molecule has 0 saturated carbocycles. The van der Waals surface area contributed by atoms with Crippen LogP contribution in [0.4, 0.5) is 4.79 Å². The monoisotopic (exact) mass is 260 g/mol. The van der Waals surface area contributed by atoms with Crippen molar-refractivity contribution in [1.29, 1.82) is 0 Å². The van der Waals surface area contributed by atoms with Gasteiger partial charge in [-0.3, -0.25) is 0 Å². The molecule has 0 bridgehead atoms. The first kappa shape index (κ1) is 16.7. The Bertz CT molecular complexity index is 269. The lowest BCUT2D eigenvalue weighted by molar-refractivity contribution is -0.139. The van der Waals surface area contributed by atoms with Gasteiger partial charge in [0.2, 0.25) is 0 Å². The highest BCUT2D eigenvalue weighted by atomic mass is 16.4. The highest BCUT2D eigenvalue weighted by Gasteiger charge is 2.27. The number of carbonyl (C=O) groups excluding carboxylic acids is 1. The summed E-state index contributed by atoms with van der Waals surface area (Å²) in [4.78, 5) is 22.6. The standard InChI is InChI=1S/C12H24N2O4/c1-4-12(5-2,6-3)14-11(18)13-9(7-8-15)10(16)17/h9,15H,4-8H2,1-3H3,(H,16,17)(H2,13,14,18)/t9-/m0/s1. The predicted molar refractivity (Wildman–Crippen MR) is 68.4 cm³/mol. The van der Waals surface area contributed by atoms with Crippen LogP contribution >= 0.6 is 0 Å². The molecule has 0 rings (SSSR count). The van der Waals surface area contributed by atoms with E-state index in [4.69, 9.17) is 10.2 Å². The summed E-state index contributed by atoms with van der Waals surface area (Å²) in [5.41, 5.74) is -0.299. The second-order valence-corrected chi connectivity index (χ2v) is 4.34. The number of carbonyl (C=O) groups is 2. The quantitative estimate of drug-likeness (QED) is 0.525. The summed E-state index contributed by atoms with van der Waals surface area (Å²) in [5, 5.41) is 22.8. The van der Waals surface area contributed by atoms with Gasteiger partial charge in [-0.1, -0.05) is 20.8 Å². The van der Waals surface area contributed by atoms with Gasteiger partial charge in [-0.05, 0) is 19.3 Å². The van der Waals surface area contributed by atoms with Crippen LogP contribution in [0.2, 0.25) is 0 Å². The van der Waals surface area contributed by atoms with Gasteiger partial charge in [-0.2, -0.15) is 0 Å². The zero-order chi connectivity index (χ0) is 14.2. The minimum absolute atomic E-state index is 0.000127. The van der Waals surface area contributed by atoms with Gasteiger partial charge in [-0.25, -0.2) is 9.59 Å². The van der Waals surface area contributed by atoms with Crippen LogP contribution in [-0.2, 0) is 4.79 Å². The first-order valence-corrected chi connectivity index (χ1v) is 6.37. The highest BCUT2D eigenvalue weighted by molar-refractivity contribution is 5.82. The van der Waals surface area contributed by atoms with Gasteiger partial charge in [0, 0.05) is 18.6 Å². The molecular weight excluding hydrogens is 236 g/mol. The second-order valence-electron chi connectivity index (χ2n) is 4.34. The molecule has 0 aliphatic heterocycles. The number of nitrogens with one attached hydrogen (secondary N) is 2. The predicted octanol–water partition coefficient (Wildman–Crippen LogP) is 1.09. The summed E-state index contributed by atoms with van der Waals surface area (Å²) >= 11 is 0. The Morgan fingerprint density at radius 3 is 2.00 bits per heavy atom. The molecule has 0 aromatic carbocycles. The molecule has 0 fully saturated rings. The maximum atomic E-state index is 11.8. The third-order valence-electron chi connectivity index (χ3n) is 3.43. The average molecular weight is 260 g/mol. The Balaban J connectivity index is 4.51. The Labute approximate surface area is 108 Å². The van der Waals surface area contributed by atoms with E-state index in [0.29, 0.717) is 0 Å². The van der Waals surface area contributed by atoms with Gasteiger partial charge in [0.05, 0.1) is 0 Å². The van der Waals surface area contributed by atoms with Crippen molar-refractivity contribution in [3.63, 3.8) is 0 Å². The van der Waals surface area contributed by atoms with Crippen molar-refractivity contribution in [3.8, 4) is 0 Å². The summed E-state index contributed by atoms with van der Waals surface area (Å²) < 4.78 is 0. The van der Waals surface area contributed by atoms with Crippen LogP contribution in [0.1, 0.15) is 46.5 Å². The molecule has 0 aromatic heterocycles. The van der Waals surface area contributed by atoms with E-state index >= 15 is 0 Å². The molecule has 1 atom stereocenters. The van der Waals surface area contributed by atoms with Crippen LogP contribution in [0, 0.1) is 0 Å². The van der Waals surface area contributed by atoms with Gasteiger partial charge < -0.3 is 20.8 Å². The number of rotatable bonds is 8. The van der Waals surface area contributed by atoms with Crippen molar-refractivity contribution in [1.82, 2.24) is 10.6 Å². The normalized spacial score (nSPS) is 12.9. The SMILES string of the molecule is CCC(CC)(CC)NC(=O)N[C@@H](CCO)C(=O)O. The van der Waals surface area contributed by atoms with Gasteiger partial charge in [0.25, 0.3) is 0 Å². The molecule has 6 nitrogen and oxygen atoms in total. The number of hydrogen-bond donors (Lipinski definition) is 4. The fourth-order valence-corrected chi connectivity index (χ4v) is 1.84. The molecule has 0 aliphatic rings. The number of urea groups is 1. The third kappa shape index (κ3) is 4.91. The Hall–Kier alpha value is -1.30. The average Bonchev–Trinajstić information content (AvgIpc) is 2.35. The summed E-state index contributed by atoms with van der Waals surface area (Å²) in [5.74, 6) is -1.14. The highest BCUT2D eigenvalue weighted by Crippen LogP contribution is 2.18. The fourth-order valence-electron chi connectivity index (χ4n) is 1.84. The van der Waals surface area contributed by atoms with Crippen LogP contribution in [0.3, 0.4) is 0 Å². The number of carboxylic acid groups (broad SMARTS) is 1. The van der Waals surface area contributed by atoms with Gasteiger partial charge in [0.1, 0.15) is 6.04 Å². The summed E-state index contributed by atoms with van der Waals surface area (Å²) in [6, 6.07) is -1.56. The first-order valence-electron chi connectivity index (χ1n) is 6.37. The van der Waals surface area contributed by atoms with Crippen molar-refractivity contribution in [3.05, 3.63) is 0 Å². The van der Waals surface area contributed by atoms with E-state index in [-0.39, 0.29) is 18.6 Å². The number of carboxylic acids is 1. The lowest BCUT2D eigenvalue weighted by Crippen LogP contribution is -2.54. The lowest BCUT2D eigenvalue weighted by Gasteiger charge is -2.32. The zero-order valence-corrected chi connectivity index (χ0v) is 11.3. The number of aliphatic carboxylic acids is 1. The first-order chi connectivity index (χ1) is 8.44. The topological polar surface area (TPSA) is 98.7 Å². The van der Waals surface area contributed by atoms with Crippen LogP contribution in [-0.4, -0.2) is 40.4 Å². The molecule has 4 N–H and O–H groups in total. The van der Waals surface area contributed by atoms with E-state index in [1.807, 2.05) is 20.8 Å². The molecule has 18 heavy (non-hydrogen) atoms. The largest absolute Gasteiger partial charge is 0.480 e. The Morgan fingerprint density at radius 1 is 1.17 bits per heavy atom. The van der Waals surface area contributed by atoms with E-state index in [9.17, 15) is 9.59 Å². The maximum absolute atomic E-state index is 11.8. The van der Waals surface area contributed by atoms with E-state index < -0.39 is 18.0 Å². The van der Waals surface area contributed by atoms with E-state index in [1.54, 1.807) is 0 Å². The van der Waals surface area contributed by atoms with Crippen molar-refractivity contribution >= 4 is 12.0 Å². The molecule has 106 valence electrons. The molecule has 0 radical (unpaired) electrons. The van der Waals surface area contributed by atoms with Crippen LogP contribution < -0.4 is 10.6 Å². The molecule has 0 aliphatic carbocycles. The Kier molecular flexibility index (Phi) is 7.35. The van der Waals surface area contributed by atoms with E-state index in [1.165, 1.54) is 0 Å². The zero-order valence-electron chi connectivity index (χ0n) is 11.3. The molecule has 0 saturated heterocycles. The number of aliphatic hydroxyl groups excluding tert-OH is 1. The number of amides is 2. The fraction of sp³-hybridized carbons (Fsp3) is 0.833. The van der Waals surface area contributed by atoms with Gasteiger partial charge in [-0.15, -0.1) is 0 Å². The molecule has 0 aromatic rings. The summed E-state index contributed by atoms with van der Waals surface area (Å²) in [6.07, 6.45) is 2.35. The molecular formula is C12H24N2O4. The number of aliphatic hydroxyl groups is 1. The van der Waals surface area contributed by atoms with E-state index in [2.05, 4.69) is 10.6 Å². The number of hydrogen-bond acceptors (Lipinski definition) is 3. The Morgan fingerprint density at radius 2 is 1.67 bits per heavy atom. The lowest BCUT2D eigenvalue weighted by atomic mass is 9.90. The second kappa shape index (κ2) is 7.92. The minimum Gasteiger partial charge on any atom is -0.480 e. The van der Waals surface area contributed by atoms with Gasteiger partial charge in [0.15, 0.2) is 0 Å². The van der Waals surface area contributed by atoms with Crippen LogP contribution in [0.15, 0.2) is 0 Å². The van der Waals surface area contributed by atoms with Crippen molar-refractivity contribution < 1.29 is 19.8 Å². The minimum atomic E-state index is -1.14. The van der Waals surface area contributed by atoms with Crippen LogP contribution in [0.25, 0.3) is 0 Å².